The normalized spacial score (nSPS) is 17.2. The van der Waals surface area contributed by atoms with Gasteiger partial charge in [0.2, 0.25) is 0 Å². The van der Waals surface area contributed by atoms with Crippen LogP contribution in [-0.2, 0) is 12.8 Å². The molecule has 1 atom stereocenters. The number of H-pyrrole nitrogens is 1. The Bertz CT molecular complexity index is 929. The lowest BCUT2D eigenvalue weighted by atomic mass is 9.97. The quantitative estimate of drug-likeness (QED) is 0.583. The number of rotatable bonds is 1. The maximum absolute atomic E-state index is 4.86. The van der Waals surface area contributed by atoms with E-state index in [0.29, 0.717) is 5.92 Å². The van der Waals surface area contributed by atoms with Crippen molar-refractivity contribution in [1.29, 1.82) is 0 Å². The van der Waals surface area contributed by atoms with Crippen molar-refractivity contribution in [2.75, 3.05) is 0 Å². The van der Waals surface area contributed by atoms with Gasteiger partial charge in [-0.1, -0.05) is 30.3 Å². The summed E-state index contributed by atoms with van der Waals surface area (Å²) in [4.78, 5) is 9.71. The molecule has 1 aliphatic rings. The highest BCUT2D eigenvalue weighted by Gasteiger charge is 2.25. The molecule has 22 heavy (non-hydrogen) atoms. The van der Waals surface area contributed by atoms with Crippen LogP contribution in [0, 0.1) is 0 Å². The van der Waals surface area contributed by atoms with Crippen molar-refractivity contribution in [3.63, 3.8) is 0 Å². The number of aromatic amines is 1. The molecule has 1 aliphatic carbocycles. The van der Waals surface area contributed by atoms with Crippen LogP contribution in [0.25, 0.3) is 21.9 Å². The largest absolute Gasteiger partial charge is 0.278 e. The van der Waals surface area contributed by atoms with Gasteiger partial charge >= 0.3 is 0 Å². The third-order valence-electron chi connectivity index (χ3n) is 4.53. The van der Waals surface area contributed by atoms with Crippen LogP contribution in [-0.4, -0.2) is 20.2 Å². The second kappa shape index (κ2) is 4.37. The van der Waals surface area contributed by atoms with E-state index in [0.717, 1.165) is 46.2 Å². The van der Waals surface area contributed by atoms with E-state index in [2.05, 4.69) is 46.6 Å². The monoisotopic (exact) mass is 286 g/mol. The van der Waals surface area contributed by atoms with Crippen molar-refractivity contribution in [3.8, 4) is 0 Å². The maximum Gasteiger partial charge on any atom is 0.0912 e. The van der Waals surface area contributed by atoms with Gasteiger partial charge in [-0.25, -0.2) is 9.97 Å². The Labute approximate surface area is 127 Å². The Balaban J connectivity index is 1.62. The molecule has 4 aromatic rings. The molecular weight excluding hydrogens is 272 g/mol. The number of fused-ring (bicyclic) bond motifs is 3. The first-order chi connectivity index (χ1) is 10.9. The summed E-state index contributed by atoms with van der Waals surface area (Å²) >= 11 is 0. The van der Waals surface area contributed by atoms with Crippen LogP contribution in [0.15, 0.2) is 48.7 Å². The van der Waals surface area contributed by atoms with Gasteiger partial charge in [-0.15, -0.1) is 0 Å². The maximum atomic E-state index is 4.86. The number of benzene rings is 2. The topological polar surface area (TPSA) is 54.5 Å². The van der Waals surface area contributed by atoms with Crippen LogP contribution in [0.5, 0.6) is 0 Å². The second-order valence-electron chi connectivity index (χ2n) is 5.93. The van der Waals surface area contributed by atoms with E-state index in [1.807, 2.05) is 12.3 Å². The number of nitrogens with one attached hydrogen (secondary N) is 1. The average molecular weight is 286 g/mol. The summed E-state index contributed by atoms with van der Waals surface area (Å²) in [6, 6.07) is 14.8. The third kappa shape index (κ3) is 1.73. The minimum absolute atomic E-state index is 0.500. The Morgan fingerprint density at radius 3 is 2.41 bits per heavy atom. The Morgan fingerprint density at radius 1 is 0.909 bits per heavy atom. The molecule has 0 saturated heterocycles. The fourth-order valence-electron chi connectivity index (χ4n) is 3.39. The van der Waals surface area contributed by atoms with Crippen LogP contribution in [0.2, 0.25) is 0 Å². The summed E-state index contributed by atoms with van der Waals surface area (Å²) in [5, 5.41) is 8.15. The fraction of sp³-hybridized carbons (Fsp3) is 0.167. The smallest absolute Gasteiger partial charge is 0.0912 e. The highest BCUT2D eigenvalue weighted by molar-refractivity contribution is 5.92. The van der Waals surface area contributed by atoms with E-state index < -0.39 is 0 Å². The second-order valence-corrected chi connectivity index (χ2v) is 5.93. The minimum atomic E-state index is 0.500. The van der Waals surface area contributed by atoms with Gasteiger partial charge in [0.25, 0.3) is 0 Å². The van der Waals surface area contributed by atoms with Crippen LogP contribution in [0.3, 0.4) is 0 Å². The molecule has 0 spiro atoms. The lowest BCUT2D eigenvalue weighted by Crippen LogP contribution is -1.97. The summed E-state index contributed by atoms with van der Waals surface area (Å²) in [6.45, 7) is 0. The molecule has 0 aliphatic heterocycles. The van der Waals surface area contributed by atoms with Gasteiger partial charge in [0.05, 0.1) is 34.1 Å². The van der Waals surface area contributed by atoms with Gasteiger partial charge < -0.3 is 0 Å². The molecule has 2 heterocycles. The van der Waals surface area contributed by atoms with E-state index in [9.17, 15) is 0 Å². The minimum Gasteiger partial charge on any atom is -0.278 e. The molecule has 0 radical (unpaired) electrons. The van der Waals surface area contributed by atoms with Gasteiger partial charge in [0.15, 0.2) is 0 Å². The van der Waals surface area contributed by atoms with Gasteiger partial charge in [-0.3, -0.25) is 5.10 Å². The molecule has 1 unspecified atom stereocenters. The van der Waals surface area contributed by atoms with E-state index in [-0.39, 0.29) is 0 Å². The Kier molecular flexibility index (Phi) is 2.36. The molecule has 106 valence electrons. The van der Waals surface area contributed by atoms with Crippen molar-refractivity contribution in [2.24, 2.45) is 0 Å². The van der Waals surface area contributed by atoms with Crippen LogP contribution >= 0.6 is 0 Å². The molecule has 5 rings (SSSR count). The lowest BCUT2D eigenvalue weighted by Gasteiger charge is -2.07. The molecule has 0 bridgehead atoms. The molecule has 2 aromatic heterocycles. The standard InChI is InChI=1S/C18H14N4/c1-2-4-11(5-3-1)12-6-15-16(7-12)21-18-9-14-13(10-19-22-14)8-17(18)20-15/h1-5,8-10,12H,6-7H2,(H,19,22). The predicted octanol–water partition coefficient (Wildman–Crippen LogP) is 3.39. The zero-order chi connectivity index (χ0) is 14.5. The SMILES string of the molecule is c1ccc(C2Cc3nc4cc5cn[nH]c5cc4nc3C2)cc1. The zero-order valence-electron chi connectivity index (χ0n) is 12.0. The lowest BCUT2D eigenvalue weighted by molar-refractivity contribution is 0.732. The first kappa shape index (κ1) is 11.9. The molecule has 0 fully saturated rings. The number of aromatic nitrogens is 4. The molecular formula is C18H14N4. The Hall–Kier alpha value is -2.75. The predicted molar refractivity (Wildman–Crippen MR) is 85.8 cm³/mol. The van der Waals surface area contributed by atoms with E-state index >= 15 is 0 Å². The third-order valence-corrected chi connectivity index (χ3v) is 4.53. The van der Waals surface area contributed by atoms with Crippen LogP contribution in [0.1, 0.15) is 22.9 Å². The van der Waals surface area contributed by atoms with Crippen molar-refractivity contribution >= 4 is 21.9 Å². The highest BCUT2D eigenvalue weighted by atomic mass is 15.1. The first-order valence-corrected chi connectivity index (χ1v) is 7.54. The molecule has 0 amide bonds. The first-order valence-electron chi connectivity index (χ1n) is 7.54. The molecule has 1 N–H and O–H groups in total. The van der Waals surface area contributed by atoms with Crippen molar-refractivity contribution in [2.45, 2.75) is 18.8 Å². The molecule has 4 nitrogen and oxygen atoms in total. The van der Waals surface area contributed by atoms with Crippen molar-refractivity contribution in [3.05, 3.63) is 65.6 Å². The average Bonchev–Trinajstić information content (AvgIpc) is 3.17. The summed E-state index contributed by atoms with van der Waals surface area (Å²) in [6.07, 6.45) is 3.78. The van der Waals surface area contributed by atoms with Crippen LogP contribution in [0.4, 0.5) is 0 Å². The molecule has 4 heteroatoms. The van der Waals surface area contributed by atoms with Gasteiger partial charge in [-0.05, 0) is 36.5 Å². The summed E-state index contributed by atoms with van der Waals surface area (Å²) < 4.78 is 0. The van der Waals surface area contributed by atoms with Crippen molar-refractivity contribution in [1.82, 2.24) is 20.2 Å². The summed E-state index contributed by atoms with van der Waals surface area (Å²) in [5.41, 5.74) is 6.58. The van der Waals surface area contributed by atoms with Crippen molar-refractivity contribution < 1.29 is 0 Å². The summed E-state index contributed by atoms with van der Waals surface area (Å²) in [7, 11) is 0. The van der Waals surface area contributed by atoms with Gasteiger partial charge in [0, 0.05) is 5.39 Å². The van der Waals surface area contributed by atoms with E-state index in [4.69, 9.17) is 9.97 Å². The zero-order valence-corrected chi connectivity index (χ0v) is 12.0. The highest BCUT2D eigenvalue weighted by Crippen LogP contribution is 2.33. The summed E-state index contributed by atoms with van der Waals surface area (Å²) in [5.74, 6) is 0.500. The number of nitrogens with zero attached hydrogens (tertiary/aromatic N) is 3. The Morgan fingerprint density at radius 2 is 1.64 bits per heavy atom. The molecule has 2 aromatic carbocycles. The number of hydrogen-bond donors (Lipinski definition) is 1. The van der Waals surface area contributed by atoms with Gasteiger partial charge in [0.1, 0.15) is 0 Å². The van der Waals surface area contributed by atoms with E-state index in [1.54, 1.807) is 0 Å². The fourth-order valence-corrected chi connectivity index (χ4v) is 3.39. The van der Waals surface area contributed by atoms with Crippen LogP contribution < -0.4 is 0 Å². The van der Waals surface area contributed by atoms with Gasteiger partial charge in [-0.2, -0.15) is 5.10 Å². The van der Waals surface area contributed by atoms with E-state index in [1.165, 1.54) is 5.56 Å². The molecule has 0 saturated carbocycles. The number of hydrogen-bond acceptors (Lipinski definition) is 3.